The third-order valence-electron chi connectivity index (χ3n) is 4.04. The van der Waals surface area contributed by atoms with Gasteiger partial charge in [0.2, 0.25) is 0 Å². The predicted molar refractivity (Wildman–Crippen MR) is 89.1 cm³/mol. The maximum Gasteiger partial charge on any atom is 0.271 e. The Bertz CT molecular complexity index is 1090. The smallest absolute Gasteiger partial charge is 0.271 e. The van der Waals surface area contributed by atoms with Crippen molar-refractivity contribution in [3.05, 3.63) is 42.0 Å². The minimum absolute atomic E-state index is 0.144. The van der Waals surface area contributed by atoms with Crippen molar-refractivity contribution in [2.24, 2.45) is 7.05 Å². The van der Waals surface area contributed by atoms with E-state index in [4.69, 9.17) is 5.11 Å². The lowest BCUT2D eigenvalue weighted by atomic mass is 10.2. The van der Waals surface area contributed by atoms with Crippen molar-refractivity contribution in [1.82, 2.24) is 29.9 Å². The van der Waals surface area contributed by atoms with Crippen LogP contribution in [-0.2, 0) is 7.05 Å². The average Bonchev–Trinajstić information content (AvgIpc) is 3.27. The molecule has 0 saturated carbocycles. The van der Waals surface area contributed by atoms with Gasteiger partial charge in [0.15, 0.2) is 5.69 Å². The molecule has 25 heavy (non-hydrogen) atoms. The summed E-state index contributed by atoms with van der Waals surface area (Å²) in [7, 11) is 1.72. The first-order valence-electron chi connectivity index (χ1n) is 7.66. The zero-order valence-corrected chi connectivity index (χ0v) is 13.3. The summed E-state index contributed by atoms with van der Waals surface area (Å²) in [5, 5.41) is 23.2. The first kappa shape index (κ1) is 15.3. The van der Waals surface area contributed by atoms with E-state index in [9.17, 15) is 9.18 Å². The van der Waals surface area contributed by atoms with Crippen LogP contribution in [0.5, 0.6) is 0 Å². The van der Waals surface area contributed by atoms with Crippen LogP contribution in [0.2, 0.25) is 0 Å². The van der Waals surface area contributed by atoms with Crippen LogP contribution < -0.4 is 5.32 Å². The Balaban J connectivity index is 1.91. The van der Waals surface area contributed by atoms with Gasteiger partial charge >= 0.3 is 0 Å². The van der Waals surface area contributed by atoms with E-state index in [1.54, 1.807) is 30.1 Å². The average molecular weight is 342 g/mol. The second-order valence-electron chi connectivity index (χ2n) is 5.62. The van der Waals surface area contributed by atoms with Crippen LogP contribution in [0.4, 0.5) is 4.39 Å². The molecule has 0 saturated heterocycles. The third-order valence-corrected chi connectivity index (χ3v) is 4.04. The number of carbonyl (C=O) groups is 1. The van der Waals surface area contributed by atoms with Crippen molar-refractivity contribution in [2.75, 3.05) is 13.2 Å². The van der Waals surface area contributed by atoms with E-state index < -0.39 is 0 Å². The topological polar surface area (TPSA) is 101 Å². The molecule has 0 aliphatic heterocycles. The standard InChI is InChI=1S/C16H15FN6O2/c1-22-14(7-11(21-22)16(25)18-4-5-24)23-12-3-2-9(17)6-10(12)15-13(23)8-19-20-15/h2-3,6-8,24H,4-5H2,1H3,(H,18,25)(H,19,20). The Hall–Kier alpha value is -3.20. The summed E-state index contributed by atoms with van der Waals surface area (Å²) in [6.45, 7) is 0.0112. The van der Waals surface area contributed by atoms with Crippen molar-refractivity contribution in [3.8, 4) is 5.82 Å². The number of aliphatic hydroxyl groups excluding tert-OH is 1. The second-order valence-corrected chi connectivity index (χ2v) is 5.62. The summed E-state index contributed by atoms with van der Waals surface area (Å²) in [6, 6.07) is 6.15. The molecule has 1 aromatic carbocycles. The van der Waals surface area contributed by atoms with Gasteiger partial charge in [-0.05, 0) is 18.2 Å². The Morgan fingerprint density at radius 2 is 2.20 bits per heavy atom. The SMILES string of the molecule is Cn1nc(C(=O)NCCO)cc1-n1c2ccc(F)cc2c2[nH]ncc21. The van der Waals surface area contributed by atoms with E-state index >= 15 is 0 Å². The van der Waals surface area contributed by atoms with Crippen LogP contribution in [0.1, 0.15) is 10.5 Å². The summed E-state index contributed by atoms with van der Waals surface area (Å²) in [6.07, 6.45) is 1.64. The molecular formula is C16H15FN6O2. The fraction of sp³-hybridized carbons (Fsp3) is 0.188. The Morgan fingerprint density at radius 3 is 3.00 bits per heavy atom. The number of benzene rings is 1. The summed E-state index contributed by atoms with van der Waals surface area (Å²) in [4.78, 5) is 12.1. The Labute approximate surface area is 140 Å². The van der Waals surface area contributed by atoms with E-state index in [2.05, 4.69) is 20.6 Å². The van der Waals surface area contributed by atoms with Crippen molar-refractivity contribution < 1.29 is 14.3 Å². The molecule has 0 spiro atoms. The molecule has 0 radical (unpaired) electrons. The number of halogens is 1. The van der Waals surface area contributed by atoms with Gasteiger partial charge < -0.3 is 10.4 Å². The van der Waals surface area contributed by atoms with Gasteiger partial charge in [-0.2, -0.15) is 10.2 Å². The number of hydrogen-bond acceptors (Lipinski definition) is 4. The summed E-state index contributed by atoms with van der Waals surface area (Å²) in [5.41, 5.74) is 2.47. The molecule has 9 heteroatoms. The van der Waals surface area contributed by atoms with Gasteiger partial charge in [0.1, 0.15) is 11.6 Å². The maximum absolute atomic E-state index is 13.7. The number of aromatic amines is 1. The largest absolute Gasteiger partial charge is 0.395 e. The number of carbonyl (C=O) groups excluding carboxylic acids is 1. The number of aryl methyl sites for hydroxylation is 1. The van der Waals surface area contributed by atoms with Crippen LogP contribution in [0.3, 0.4) is 0 Å². The fourth-order valence-corrected chi connectivity index (χ4v) is 2.97. The van der Waals surface area contributed by atoms with Crippen LogP contribution >= 0.6 is 0 Å². The number of H-pyrrole nitrogens is 1. The molecule has 0 aliphatic carbocycles. The minimum atomic E-state index is -0.373. The Morgan fingerprint density at radius 1 is 1.36 bits per heavy atom. The van der Waals surface area contributed by atoms with Gasteiger partial charge in [-0.3, -0.25) is 19.1 Å². The molecule has 1 amide bonds. The molecule has 3 aromatic heterocycles. The molecule has 3 heterocycles. The van der Waals surface area contributed by atoms with Crippen LogP contribution in [0.15, 0.2) is 30.5 Å². The number of nitrogens with one attached hydrogen (secondary N) is 2. The van der Waals surface area contributed by atoms with Crippen molar-refractivity contribution in [1.29, 1.82) is 0 Å². The van der Waals surface area contributed by atoms with Crippen LogP contribution in [0, 0.1) is 5.82 Å². The van der Waals surface area contributed by atoms with E-state index in [0.717, 1.165) is 11.0 Å². The normalized spacial score (nSPS) is 11.5. The van der Waals surface area contributed by atoms with E-state index in [1.165, 1.54) is 12.1 Å². The van der Waals surface area contributed by atoms with Gasteiger partial charge in [0, 0.05) is 25.0 Å². The van der Waals surface area contributed by atoms with Crippen LogP contribution in [-0.4, -0.2) is 48.7 Å². The van der Waals surface area contributed by atoms with E-state index in [-0.39, 0.29) is 30.6 Å². The molecule has 128 valence electrons. The lowest BCUT2D eigenvalue weighted by molar-refractivity contribution is 0.0939. The highest BCUT2D eigenvalue weighted by Gasteiger charge is 2.19. The number of aliphatic hydroxyl groups is 1. The first-order chi connectivity index (χ1) is 12.1. The zero-order valence-electron chi connectivity index (χ0n) is 13.3. The number of rotatable bonds is 4. The van der Waals surface area contributed by atoms with E-state index in [1.807, 2.05) is 4.57 Å². The molecular weight excluding hydrogens is 327 g/mol. The number of amides is 1. The molecule has 3 N–H and O–H groups in total. The third kappa shape index (κ3) is 2.36. The quantitative estimate of drug-likeness (QED) is 0.517. The highest BCUT2D eigenvalue weighted by atomic mass is 19.1. The predicted octanol–water partition coefficient (Wildman–Crippen LogP) is 1.10. The number of fused-ring (bicyclic) bond motifs is 3. The van der Waals surface area contributed by atoms with Gasteiger partial charge in [-0.1, -0.05) is 0 Å². The highest BCUT2D eigenvalue weighted by molar-refractivity contribution is 6.06. The molecule has 8 nitrogen and oxygen atoms in total. The number of nitrogens with zero attached hydrogens (tertiary/aromatic N) is 4. The lowest BCUT2D eigenvalue weighted by Gasteiger charge is -2.06. The molecule has 0 atom stereocenters. The molecule has 0 fully saturated rings. The van der Waals surface area contributed by atoms with E-state index in [0.29, 0.717) is 16.7 Å². The summed E-state index contributed by atoms with van der Waals surface area (Å²) in [5.74, 6) is -0.0702. The van der Waals surface area contributed by atoms with Crippen molar-refractivity contribution >= 4 is 27.8 Å². The molecule has 4 aromatic rings. The zero-order chi connectivity index (χ0) is 17.6. The van der Waals surface area contributed by atoms with Crippen molar-refractivity contribution in [3.63, 3.8) is 0 Å². The summed E-state index contributed by atoms with van der Waals surface area (Å²) >= 11 is 0. The van der Waals surface area contributed by atoms with Crippen LogP contribution in [0.25, 0.3) is 27.8 Å². The highest BCUT2D eigenvalue weighted by Crippen LogP contribution is 2.31. The van der Waals surface area contributed by atoms with Gasteiger partial charge in [0.25, 0.3) is 5.91 Å². The molecule has 0 unspecified atom stereocenters. The number of hydrogen-bond donors (Lipinski definition) is 3. The van der Waals surface area contributed by atoms with Gasteiger partial charge in [-0.15, -0.1) is 0 Å². The maximum atomic E-state index is 13.7. The molecule has 0 bridgehead atoms. The summed E-state index contributed by atoms with van der Waals surface area (Å²) < 4.78 is 17.1. The van der Waals surface area contributed by atoms with Gasteiger partial charge in [-0.25, -0.2) is 4.39 Å². The monoisotopic (exact) mass is 342 g/mol. The first-order valence-corrected chi connectivity index (χ1v) is 7.66. The fourth-order valence-electron chi connectivity index (χ4n) is 2.97. The molecule has 4 rings (SSSR count). The Kier molecular flexibility index (Phi) is 3.50. The second kappa shape index (κ2) is 5.71. The van der Waals surface area contributed by atoms with Gasteiger partial charge in [0.05, 0.1) is 29.4 Å². The van der Waals surface area contributed by atoms with Crippen molar-refractivity contribution in [2.45, 2.75) is 0 Å². The number of aromatic nitrogens is 5. The molecule has 0 aliphatic rings. The minimum Gasteiger partial charge on any atom is -0.395 e. The lowest BCUT2D eigenvalue weighted by Crippen LogP contribution is -2.26.